The van der Waals surface area contributed by atoms with Gasteiger partial charge in [-0.05, 0) is 37.3 Å². The molecule has 0 heterocycles. The highest BCUT2D eigenvalue weighted by Crippen LogP contribution is 2.28. The van der Waals surface area contributed by atoms with E-state index in [0.29, 0.717) is 0 Å². The predicted molar refractivity (Wildman–Crippen MR) is 60.9 cm³/mol. The molecule has 0 fully saturated rings. The van der Waals surface area contributed by atoms with Crippen molar-refractivity contribution in [2.45, 2.75) is 41.0 Å². The fourth-order valence-corrected chi connectivity index (χ4v) is 1.94. The minimum Gasteiger partial charge on any atom is -0.319 e. The number of hydrogen-bond donors (Lipinski definition) is 1. The zero-order chi connectivity index (χ0) is 10.4. The van der Waals surface area contributed by atoms with Crippen LogP contribution in [-0.2, 0) is 0 Å². The fraction of sp³-hybridized carbons (Fsp3) is 1.00. The lowest BCUT2D eigenvalue weighted by Gasteiger charge is -2.31. The van der Waals surface area contributed by atoms with Crippen molar-refractivity contribution in [2.75, 3.05) is 13.6 Å². The minimum absolute atomic E-state index is 0.798. The molecule has 1 nitrogen and oxygen atoms in total. The highest BCUT2D eigenvalue weighted by molar-refractivity contribution is 4.75. The van der Waals surface area contributed by atoms with Crippen molar-refractivity contribution < 1.29 is 0 Å². The highest BCUT2D eigenvalue weighted by atomic mass is 14.8. The average Bonchev–Trinajstić information content (AvgIpc) is 2.11. The van der Waals surface area contributed by atoms with Gasteiger partial charge in [0.05, 0.1) is 0 Å². The van der Waals surface area contributed by atoms with E-state index in [-0.39, 0.29) is 0 Å². The van der Waals surface area contributed by atoms with Crippen LogP contribution in [0.1, 0.15) is 41.0 Å². The van der Waals surface area contributed by atoms with Gasteiger partial charge in [-0.1, -0.05) is 41.0 Å². The van der Waals surface area contributed by atoms with Gasteiger partial charge < -0.3 is 5.32 Å². The maximum absolute atomic E-state index is 3.32. The van der Waals surface area contributed by atoms with Crippen LogP contribution in [0.15, 0.2) is 0 Å². The van der Waals surface area contributed by atoms with E-state index in [9.17, 15) is 0 Å². The van der Waals surface area contributed by atoms with E-state index in [0.717, 1.165) is 30.2 Å². The minimum atomic E-state index is 0.798. The van der Waals surface area contributed by atoms with E-state index in [1.807, 2.05) is 0 Å². The first-order valence-electron chi connectivity index (χ1n) is 5.69. The summed E-state index contributed by atoms with van der Waals surface area (Å²) in [6.07, 6.45) is 1.30. The Bertz CT molecular complexity index is 120. The highest BCUT2D eigenvalue weighted by Gasteiger charge is 2.23. The van der Waals surface area contributed by atoms with Gasteiger partial charge in [0.2, 0.25) is 0 Å². The molecule has 0 spiro atoms. The lowest BCUT2D eigenvalue weighted by Crippen LogP contribution is -2.32. The molecule has 80 valence electrons. The van der Waals surface area contributed by atoms with Gasteiger partial charge in [0.25, 0.3) is 0 Å². The second kappa shape index (κ2) is 6.42. The molecular weight excluding hydrogens is 158 g/mol. The van der Waals surface area contributed by atoms with Gasteiger partial charge in [-0.3, -0.25) is 0 Å². The Morgan fingerprint density at radius 1 is 1.08 bits per heavy atom. The molecule has 0 saturated carbocycles. The summed E-state index contributed by atoms with van der Waals surface area (Å²) in [4.78, 5) is 0. The van der Waals surface area contributed by atoms with Crippen LogP contribution < -0.4 is 5.32 Å². The third-order valence-corrected chi connectivity index (χ3v) is 3.54. The molecule has 1 N–H and O–H groups in total. The molecule has 0 aromatic rings. The molecule has 0 aromatic heterocycles. The molecule has 0 aliphatic heterocycles. The number of rotatable bonds is 6. The Kier molecular flexibility index (Phi) is 6.40. The van der Waals surface area contributed by atoms with E-state index in [1.165, 1.54) is 6.42 Å². The van der Waals surface area contributed by atoms with Gasteiger partial charge in [0, 0.05) is 0 Å². The molecule has 0 saturated heterocycles. The van der Waals surface area contributed by atoms with Crippen molar-refractivity contribution in [2.24, 2.45) is 23.7 Å². The van der Waals surface area contributed by atoms with Crippen LogP contribution in [0.4, 0.5) is 0 Å². The van der Waals surface area contributed by atoms with E-state index >= 15 is 0 Å². The molecule has 1 heteroatoms. The summed E-state index contributed by atoms with van der Waals surface area (Å²) in [5, 5.41) is 3.32. The van der Waals surface area contributed by atoms with Gasteiger partial charge in [-0.2, -0.15) is 0 Å². The predicted octanol–water partition coefficient (Wildman–Crippen LogP) is 3.16. The zero-order valence-electron chi connectivity index (χ0n) is 10.2. The third-order valence-electron chi connectivity index (χ3n) is 3.54. The quantitative estimate of drug-likeness (QED) is 0.670. The van der Waals surface area contributed by atoms with Gasteiger partial charge in [-0.25, -0.2) is 0 Å². The number of nitrogens with one attached hydrogen (secondary N) is 1. The Morgan fingerprint density at radius 3 is 1.92 bits per heavy atom. The molecule has 0 radical (unpaired) electrons. The second-order valence-electron chi connectivity index (χ2n) is 4.71. The SMILES string of the molecule is CCC(C)C(CNC)C(C)C(C)C. The second-order valence-corrected chi connectivity index (χ2v) is 4.71. The van der Waals surface area contributed by atoms with Crippen LogP contribution in [0.3, 0.4) is 0 Å². The fourth-order valence-electron chi connectivity index (χ4n) is 1.94. The van der Waals surface area contributed by atoms with Crippen LogP contribution in [0.25, 0.3) is 0 Å². The van der Waals surface area contributed by atoms with E-state index in [1.54, 1.807) is 0 Å². The maximum Gasteiger partial charge on any atom is -0.00183 e. The zero-order valence-corrected chi connectivity index (χ0v) is 10.2. The van der Waals surface area contributed by atoms with E-state index in [2.05, 4.69) is 47.0 Å². The molecule has 3 unspecified atom stereocenters. The smallest absolute Gasteiger partial charge is 0.00183 e. The van der Waals surface area contributed by atoms with Crippen LogP contribution in [0.5, 0.6) is 0 Å². The first kappa shape index (κ1) is 13.0. The van der Waals surface area contributed by atoms with Crippen LogP contribution in [-0.4, -0.2) is 13.6 Å². The van der Waals surface area contributed by atoms with Crippen LogP contribution >= 0.6 is 0 Å². The average molecular weight is 185 g/mol. The molecular formula is C12H27N. The summed E-state index contributed by atoms with van der Waals surface area (Å²) in [5.74, 6) is 3.29. The Hall–Kier alpha value is -0.0400. The standard InChI is InChI=1S/C12H27N/c1-7-10(4)12(8-13-6)11(5)9(2)3/h9-13H,7-8H2,1-6H3. The van der Waals surface area contributed by atoms with Crippen molar-refractivity contribution in [1.29, 1.82) is 0 Å². The topological polar surface area (TPSA) is 12.0 Å². The lowest BCUT2D eigenvalue weighted by atomic mass is 9.77. The van der Waals surface area contributed by atoms with E-state index < -0.39 is 0 Å². The summed E-state index contributed by atoms with van der Waals surface area (Å²) in [5.41, 5.74) is 0. The Morgan fingerprint density at radius 2 is 1.62 bits per heavy atom. The van der Waals surface area contributed by atoms with Crippen molar-refractivity contribution in [3.63, 3.8) is 0 Å². The molecule has 0 bridgehead atoms. The van der Waals surface area contributed by atoms with Crippen molar-refractivity contribution >= 4 is 0 Å². The van der Waals surface area contributed by atoms with Gasteiger partial charge >= 0.3 is 0 Å². The van der Waals surface area contributed by atoms with Crippen LogP contribution in [0.2, 0.25) is 0 Å². The summed E-state index contributed by atoms with van der Waals surface area (Å²) < 4.78 is 0. The molecule has 0 aliphatic carbocycles. The van der Waals surface area contributed by atoms with Crippen molar-refractivity contribution in [3.8, 4) is 0 Å². The summed E-state index contributed by atoms with van der Waals surface area (Å²) in [6, 6.07) is 0. The maximum atomic E-state index is 3.32. The summed E-state index contributed by atoms with van der Waals surface area (Å²) in [6.45, 7) is 12.9. The summed E-state index contributed by atoms with van der Waals surface area (Å²) in [7, 11) is 2.06. The number of hydrogen-bond acceptors (Lipinski definition) is 1. The van der Waals surface area contributed by atoms with Crippen molar-refractivity contribution in [3.05, 3.63) is 0 Å². The Balaban J connectivity index is 4.22. The van der Waals surface area contributed by atoms with Gasteiger partial charge in [-0.15, -0.1) is 0 Å². The molecule has 0 aliphatic rings. The molecule has 0 rings (SSSR count). The monoisotopic (exact) mass is 185 g/mol. The first-order chi connectivity index (χ1) is 6.04. The lowest BCUT2D eigenvalue weighted by molar-refractivity contribution is 0.197. The normalized spacial score (nSPS) is 18.7. The van der Waals surface area contributed by atoms with Gasteiger partial charge in [0.15, 0.2) is 0 Å². The van der Waals surface area contributed by atoms with E-state index in [4.69, 9.17) is 0 Å². The molecule has 0 amide bonds. The molecule has 13 heavy (non-hydrogen) atoms. The first-order valence-corrected chi connectivity index (χ1v) is 5.69. The third kappa shape index (κ3) is 4.12. The molecule has 0 aromatic carbocycles. The van der Waals surface area contributed by atoms with Crippen LogP contribution in [0, 0.1) is 23.7 Å². The summed E-state index contributed by atoms with van der Waals surface area (Å²) >= 11 is 0. The van der Waals surface area contributed by atoms with Gasteiger partial charge in [0.1, 0.15) is 0 Å². The van der Waals surface area contributed by atoms with Crippen molar-refractivity contribution in [1.82, 2.24) is 5.32 Å². The molecule has 3 atom stereocenters. The largest absolute Gasteiger partial charge is 0.319 e. The Labute approximate surface area is 84.3 Å².